The predicted octanol–water partition coefficient (Wildman–Crippen LogP) is 8.11. The summed E-state index contributed by atoms with van der Waals surface area (Å²) in [5, 5.41) is 4.87. The highest BCUT2D eigenvalue weighted by molar-refractivity contribution is 6.31. The van der Waals surface area contributed by atoms with Crippen molar-refractivity contribution in [3.63, 3.8) is 0 Å². The van der Waals surface area contributed by atoms with Crippen LogP contribution in [0.15, 0.2) is 78.9 Å². The van der Waals surface area contributed by atoms with Crippen LogP contribution in [0.3, 0.4) is 0 Å². The molecule has 3 aromatic carbocycles. The summed E-state index contributed by atoms with van der Waals surface area (Å²) in [6.07, 6.45) is -4.67. The van der Waals surface area contributed by atoms with Gasteiger partial charge in [0, 0.05) is 27.8 Å². The lowest BCUT2D eigenvalue weighted by Gasteiger charge is -2.12. The number of aromatic nitrogens is 3. The number of fused-ring (bicyclic) bond motifs is 1. The molecule has 0 aliphatic carbocycles. The average molecular weight is 532 g/mol. The van der Waals surface area contributed by atoms with Crippen LogP contribution in [0, 0.1) is 5.82 Å². The largest absolute Gasteiger partial charge is 0.489 e. The minimum absolute atomic E-state index is 0.0410. The van der Waals surface area contributed by atoms with Crippen molar-refractivity contribution in [3.8, 4) is 28.3 Å². The molecule has 0 spiro atoms. The Morgan fingerprint density at radius 3 is 2.17 bits per heavy atom. The van der Waals surface area contributed by atoms with Crippen molar-refractivity contribution in [1.82, 2.24) is 14.6 Å². The summed E-state index contributed by atoms with van der Waals surface area (Å²) in [5.41, 5.74) is 0.780. The number of hydrogen-bond acceptors (Lipinski definition) is 3. The number of hydrogen-bond donors (Lipinski definition) is 0. The number of nitrogens with zero attached hydrogens (tertiary/aromatic N) is 3. The van der Waals surface area contributed by atoms with Gasteiger partial charge in [0.25, 0.3) is 0 Å². The van der Waals surface area contributed by atoms with Crippen LogP contribution in [0.5, 0.6) is 5.75 Å². The fourth-order valence-electron chi connectivity index (χ4n) is 3.63. The lowest BCUT2D eigenvalue weighted by molar-refractivity contribution is -0.142. The Kier molecular flexibility index (Phi) is 6.32. The van der Waals surface area contributed by atoms with Crippen molar-refractivity contribution in [2.45, 2.75) is 12.8 Å². The molecular weight excluding hydrogens is 517 g/mol. The third-order valence-electron chi connectivity index (χ3n) is 5.45. The maximum Gasteiger partial charge on any atom is 0.433 e. The number of benzene rings is 3. The molecule has 4 nitrogen and oxygen atoms in total. The monoisotopic (exact) mass is 531 g/mol. The summed E-state index contributed by atoms with van der Waals surface area (Å²) in [4.78, 5) is 4.40. The molecule has 36 heavy (non-hydrogen) atoms. The van der Waals surface area contributed by atoms with Crippen LogP contribution in [-0.4, -0.2) is 14.6 Å². The third-order valence-corrected chi connectivity index (χ3v) is 6.06. The molecule has 0 saturated heterocycles. The Balaban J connectivity index is 1.47. The van der Waals surface area contributed by atoms with E-state index in [9.17, 15) is 17.6 Å². The second kappa shape index (κ2) is 9.44. The summed E-state index contributed by atoms with van der Waals surface area (Å²) in [6, 6.07) is 19.7. The molecule has 0 atom stereocenters. The number of ether oxygens (including phenoxy) is 1. The van der Waals surface area contributed by atoms with Crippen LogP contribution in [0.2, 0.25) is 10.0 Å². The molecule has 182 valence electrons. The standard InChI is InChI=1S/C26H15Cl2F4N3O/c27-17-8-4-16(5-9-17)23-13-25-33-22(12-24(26(30,31)32)35(25)34-23)15-6-10-18(11-7-15)36-14-19-20(28)2-1-3-21(19)29/h1-13H,14H2. The van der Waals surface area contributed by atoms with Gasteiger partial charge in [-0.2, -0.15) is 18.3 Å². The normalized spacial score (nSPS) is 11.7. The lowest BCUT2D eigenvalue weighted by Crippen LogP contribution is -2.13. The van der Waals surface area contributed by atoms with E-state index in [0.29, 0.717) is 27.6 Å². The van der Waals surface area contributed by atoms with Crippen molar-refractivity contribution in [1.29, 1.82) is 0 Å². The first-order chi connectivity index (χ1) is 17.2. The topological polar surface area (TPSA) is 39.4 Å². The molecule has 10 heteroatoms. The molecule has 0 bridgehead atoms. The Hall–Kier alpha value is -3.62. The summed E-state index contributed by atoms with van der Waals surface area (Å²) in [7, 11) is 0. The molecular formula is C26H15Cl2F4N3O. The molecule has 0 amide bonds. The maximum atomic E-state index is 14.0. The fourth-order valence-corrected chi connectivity index (χ4v) is 3.98. The molecule has 5 aromatic rings. The molecule has 2 heterocycles. The summed E-state index contributed by atoms with van der Waals surface area (Å²) >= 11 is 11.9. The molecule has 0 fully saturated rings. The quantitative estimate of drug-likeness (QED) is 0.215. The summed E-state index contributed by atoms with van der Waals surface area (Å²) < 4.78 is 62.0. The van der Waals surface area contributed by atoms with Crippen LogP contribution in [0.25, 0.3) is 28.2 Å². The van der Waals surface area contributed by atoms with Gasteiger partial charge < -0.3 is 4.74 Å². The Morgan fingerprint density at radius 2 is 1.50 bits per heavy atom. The molecule has 0 saturated carbocycles. The van der Waals surface area contributed by atoms with Crippen molar-refractivity contribution >= 4 is 28.8 Å². The number of halogens is 6. The Morgan fingerprint density at radius 1 is 0.833 bits per heavy atom. The lowest BCUT2D eigenvalue weighted by atomic mass is 10.1. The van der Waals surface area contributed by atoms with Gasteiger partial charge in [-0.1, -0.05) is 41.4 Å². The van der Waals surface area contributed by atoms with Gasteiger partial charge in [-0.3, -0.25) is 0 Å². The highest BCUT2D eigenvalue weighted by Crippen LogP contribution is 2.34. The van der Waals surface area contributed by atoms with Gasteiger partial charge >= 0.3 is 6.18 Å². The van der Waals surface area contributed by atoms with E-state index < -0.39 is 17.7 Å². The SMILES string of the molecule is Fc1cccc(Cl)c1COc1ccc(-c2cc(C(F)(F)F)n3nc(-c4ccc(Cl)cc4)cc3n2)cc1. The second-order valence-corrected chi connectivity index (χ2v) is 8.69. The minimum Gasteiger partial charge on any atom is -0.489 e. The fraction of sp³-hybridized carbons (Fsp3) is 0.0769. The van der Waals surface area contributed by atoms with Crippen molar-refractivity contribution in [2.75, 3.05) is 0 Å². The van der Waals surface area contributed by atoms with Gasteiger partial charge in [-0.15, -0.1) is 0 Å². The summed E-state index contributed by atoms with van der Waals surface area (Å²) in [5.74, 6) is -0.0975. The average Bonchev–Trinajstić information content (AvgIpc) is 3.27. The van der Waals surface area contributed by atoms with Gasteiger partial charge in [0.15, 0.2) is 11.3 Å². The van der Waals surface area contributed by atoms with Crippen LogP contribution in [0.4, 0.5) is 17.6 Å². The Bertz CT molecular complexity index is 1530. The Labute approximate surface area is 212 Å². The number of rotatable bonds is 5. The van der Waals surface area contributed by atoms with E-state index in [4.69, 9.17) is 27.9 Å². The van der Waals surface area contributed by atoms with E-state index in [1.54, 1.807) is 54.6 Å². The number of alkyl halides is 3. The van der Waals surface area contributed by atoms with E-state index >= 15 is 0 Å². The second-order valence-electron chi connectivity index (χ2n) is 7.84. The molecule has 0 aliphatic rings. The highest BCUT2D eigenvalue weighted by Gasteiger charge is 2.35. The van der Waals surface area contributed by atoms with Crippen LogP contribution < -0.4 is 4.74 Å². The molecule has 0 N–H and O–H groups in total. The van der Waals surface area contributed by atoms with Gasteiger partial charge in [-0.05, 0) is 54.6 Å². The molecule has 5 rings (SSSR count). The van der Waals surface area contributed by atoms with E-state index in [1.165, 1.54) is 18.2 Å². The van der Waals surface area contributed by atoms with E-state index in [-0.39, 0.29) is 28.5 Å². The predicted molar refractivity (Wildman–Crippen MR) is 130 cm³/mol. The van der Waals surface area contributed by atoms with E-state index in [1.807, 2.05) is 0 Å². The van der Waals surface area contributed by atoms with Crippen molar-refractivity contribution < 1.29 is 22.3 Å². The van der Waals surface area contributed by atoms with Crippen LogP contribution >= 0.6 is 23.2 Å². The minimum atomic E-state index is -4.67. The first-order valence-corrected chi connectivity index (χ1v) is 11.3. The van der Waals surface area contributed by atoms with Gasteiger partial charge in [-0.25, -0.2) is 13.9 Å². The smallest absolute Gasteiger partial charge is 0.433 e. The molecule has 0 aliphatic heterocycles. The molecule has 0 radical (unpaired) electrons. The first-order valence-electron chi connectivity index (χ1n) is 10.6. The molecule has 0 unspecified atom stereocenters. The summed E-state index contributed by atoms with van der Waals surface area (Å²) in [6.45, 7) is -0.101. The zero-order chi connectivity index (χ0) is 25.4. The zero-order valence-corrected chi connectivity index (χ0v) is 19.7. The van der Waals surface area contributed by atoms with Crippen LogP contribution in [-0.2, 0) is 12.8 Å². The van der Waals surface area contributed by atoms with Crippen molar-refractivity contribution in [2.24, 2.45) is 0 Å². The third kappa shape index (κ3) is 4.87. The molecule has 2 aromatic heterocycles. The van der Waals surface area contributed by atoms with Crippen LogP contribution in [0.1, 0.15) is 11.3 Å². The van der Waals surface area contributed by atoms with E-state index in [2.05, 4.69) is 10.1 Å². The van der Waals surface area contributed by atoms with Gasteiger partial charge in [0.1, 0.15) is 18.2 Å². The van der Waals surface area contributed by atoms with Gasteiger partial charge in [0.05, 0.1) is 16.4 Å². The zero-order valence-electron chi connectivity index (χ0n) is 18.2. The first kappa shape index (κ1) is 24.1. The maximum absolute atomic E-state index is 14.0. The van der Waals surface area contributed by atoms with Crippen molar-refractivity contribution in [3.05, 3.63) is 106 Å². The van der Waals surface area contributed by atoms with Gasteiger partial charge in [0.2, 0.25) is 0 Å². The van der Waals surface area contributed by atoms with E-state index in [0.717, 1.165) is 10.6 Å². The highest BCUT2D eigenvalue weighted by atomic mass is 35.5.